The van der Waals surface area contributed by atoms with Gasteiger partial charge in [0.25, 0.3) is 0 Å². The lowest BCUT2D eigenvalue weighted by Crippen LogP contribution is -2.25. The number of aryl methyl sites for hydroxylation is 2. The van der Waals surface area contributed by atoms with E-state index >= 15 is 0 Å². The van der Waals surface area contributed by atoms with E-state index in [1.807, 2.05) is 0 Å². The molecule has 0 saturated heterocycles. The normalized spacial score (nSPS) is 11.9. The van der Waals surface area contributed by atoms with Crippen molar-refractivity contribution >= 4 is 10.0 Å². The van der Waals surface area contributed by atoms with Crippen LogP contribution in [0.25, 0.3) is 0 Å². The van der Waals surface area contributed by atoms with Crippen LogP contribution in [0.4, 0.5) is 0 Å². The van der Waals surface area contributed by atoms with Crippen LogP contribution in [0.1, 0.15) is 22.8 Å². The van der Waals surface area contributed by atoms with Crippen molar-refractivity contribution in [2.45, 2.75) is 31.8 Å². The highest BCUT2D eigenvalue weighted by Gasteiger charge is 2.26. The van der Waals surface area contributed by atoms with Crippen LogP contribution in [-0.4, -0.2) is 20.6 Å². The fourth-order valence-electron chi connectivity index (χ4n) is 2.01. The number of furan rings is 1. The molecule has 0 spiro atoms. The van der Waals surface area contributed by atoms with Gasteiger partial charge in [0.05, 0.1) is 12.7 Å². The molecule has 0 amide bonds. The first-order chi connectivity index (χ1) is 9.45. The van der Waals surface area contributed by atoms with Crippen molar-refractivity contribution in [1.29, 1.82) is 0 Å². The summed E-state index contributed by atoms with van der Waals surface area (Å²) in [4.78, 5) is 0.184. The highest BCUT2D eigenvalue weighted by Crippen LogP contribution is 2.26. The predicted octanol–water partition coefficient (Wildman–Crippen LogP) is 1.08. The number of rotatable bonds is 6. The Labute approximate surface area is 117 Å². The second-order valence-corrected chi connectivity index (χ2v) is 6.06. The lowest BCUT2D eigenvalue weighted by atomic mass is 10.2. The maximum atomic E-state index is 12.4. The molecule has 0 aliphatic heterocycles. The zero-order chi connectivity index (χ0) is 14.8. The quantitative estimate of drug-likeness (QED) is 0.828. The molecule has 2 rings (SSSR count). The molecule has 20 heavy (non-hydrogen) atoms. The predicted molar refractivity (Wildman–Crippen MR) is 71.5 cm³/mol. The molecule has 2 N–H and O–H groups in total. The monoisotopic (exact) mass is 299 g/mol. The Balaban J connectivity index is 2.29. The molecule has 0 bridgehead atoms. The van der Waals surface area contributed by atoms with Crippen molar-refractivity contribution in [3.05, 3.63) is 35.1 Å². The molecule has 0 radical (unpaired) electrons. The van der Waals surface area contributed by atoms with Crippen LogP contribution < -0.4 is 10.0 Å². The average molecular weight is 299 g/mol. The summed E-state index contributed by atoms with van der Waals surface area (Å²) < 4.78 is 37.6. The molecule has 0 aromatic carbocycles. The van der Waals surface area contributed by atoms with E-state index in [2.05, 4.69) is 15.2 Å². The third-order valence-corrected chi connectivity index (χ3v) is 4.47. The number of hydrogen-bond donors (Lipinski definition) is 2. The lowest BCUT2D eigenvalue weighted by Gasteiger charge is -2.07. The number of nitrogens with zero attached hydrogens (tertiary/aromatic N) is 1. The molecule has 110 valence electrons. The van der Waals surface area contributed by atoms with E-state index in [0.29, 0.717) is 29.4 Å². The number of aromatic nitrogens is 1. The summed E-state index contributed by atoms with van der Waals surface area (Å²) in [6, 6.07) is 1.60. The van der Waals surface area contributed by atoms with Crippen molar-refractivity contribution in [3.8, 4) is 0 Å². The van der Waals surface area contributed by atoms with Crippen molar-refractivity contribution < 1.29 is 17.4 Å². The van der Waals surface area contributed by atoms with Gasteiger partial charge in [-0.05, 0) is 20.9 Å². The second-order valence-electron chi connectivity index (χ2n) is 4.36. The Morgan fingerprint density at radius 2 is 2.00 bits per heavy atom. The number of nitrogens with one attached hydrogen (secondary N) is 2. The highest BCUT2D eigenvalue weighted by atomic mass is 32.2. The zero-order valence-electron chi connectivity index (χ0n) is 11.6. The van der Waals surface area contributed by atoms with Crippen molar-refractivity contribution in [2.75, 3.05) is 7.05 Å². The van der Waals surface area contributed by atoms with Crippen LogP contribution in [0.15, 0.2) is 26.1 Å². The first-order valence-electron chi connectivity index (χ1n) is 6.08. The van der Waals surface area contributed by atoms with E-state index in [9.17, 15) is 8.42 Å². The molecule has 8 heteroatoms. The van der Waals surface area contributed by atoms with Gasteiger partial charge in [-0.2, -0.15) is 0 Å². The fraction of sp³-hybridized carbons (Fsp3) is 0.417. The van der Waals surface area contributed by atoms with Crippen molar-refractivity contribution in [1.82, 2.24) is 15.2 Å². The molecule has 0 aliphatic carbocycles. The highest BCUT2D eigenvalue weighted by molar-refractivity contribution is 7.89. The summed E-state index contributed by atoms with van der Waals surface area (Å²) in [5.41, 5.74) is 0.634. The molecule has 0 aliphatic rings. The van der Waals surface area contributed by atoms with Crippen LogP contribution in [0.5, 0.6) is 0 Å². The van der Waals surface area contributed by atoms with Gasteiger partial charge in [-0.3, -0.25) is 0 Å². The summed E-state index contributed by atoms with van der Waals surface area (Å²) in [5, 5.41) is 6.47. The van der Waals surface area contributed by atoms with Gasteiger partial charge in [-0.25, -0.2) is 13.1 Å². The van der Waals surface area contributed by atoms with Gasteiger partial charge in [0.1, 0.15) is 16.4 Å². The zero-order valence-corrected chi connectivity index (χ0v) is 12.4. The molecule has 0 saturated carbocycles. The van der Waals surface area contributed by atoms with Crippen LogP contribution in [0.3, 0.4) is 0 Å². The van der Waals surface area contributed by atoms with Gasteiger partial charge in [0.15, 0.2) is 5.76 Å². The smallest absolute Gasteiger partial charge is 0.244 e. The Bertz CT molecular complexity index is 674. The van der Waals surface area contributed by atoms with Gasteiger partial charge in [0.2, 0.25) is 10.0 Å². The summed E-state index contributed by atoms with van der Waals surface area (Å²) >= 11 is 0. The first kappa shape index (κ1) is 14.8. The molecule has 0 fully saturated rings. The molecular weight excluding hydrogens is 282 g/mol. The van der Waals surface area contributed by atoms with Crippen LogP contribution in [-0.2, 0) is 23.1 Å². The minimum Gasteiger partial charge on any atom is -0.465 e. The van der Waals surface area contributed by atoms with Crippen LogP contribution >= 0.6 is 0 Å². The maximum absolute atomic E-state index is 12.4. The molecule has 0 unspecified atom stereocenters. The van der Waals surface area contributed by atoms with Crippen LogP contribution in [0.2, 0.25) is 0 Å². The Kier molecular flexibility index (Phi) is 4.26. The first-order valence-corrected chi connectivity index (χ1v) is 7.56. The minimum atomic E-state index is -3.67. The Hall–Kier alpha value is -1.64. The molecular formula is C12H17N3O4S. The maximum Gasteiger partial charge on any atom is 0.244 e. The van der Waals surface area contributed by atoms with Gasteiger partial charge >= 0.3 is 0 Å². The minimum absolute atomic E-state index is 0.0466. The Morgan fingerprint density at radius 3 is 2.60 bits per heavy atom. The second kappa shape index (κ2) is 5.78. The van der Waals surface area contributed by atoms with Gasteiger partial charge in [0, 0.05) is 18.2 Å². The van der Waals surface area contributed by atoms with E-state index in [-0.39, 0.29) is 11.4 Å². The van der Waals surface area contributed by atoms with E-state index in [0.717, 1.165) is 0 Å². The van der Waals surface area contributed by atoms with E-state index < -0.39 is 10.0 Å². The summed E-state index contributed by atoms with van der Waals surface area (Å²) in [6.45, 7) is 3.84. The van der Waals surface area contributed by atoms with Crippen molar-refractivity contribution in [3.63, 3.8) is 0 Å². The molecule has 0 atom stereocenters. The van der Waals surface area contributed by atoms with Gasteiger partial charge in [-0.1, -0.05) is 5.16 Å². The fourth-order valence-corrected chi connectivity index (χ4v) is 3.45. The molecule has 2 heterocycles. The molecule has 2 aromatic rings. The lowest BCUT2D eigenvalue weighted by molar-refractivity contribution is 0.380. The van der Waals surface area contributed by atoms with E-state index in [1.165, 1.54) is 6.20 Å². The third-order valence-electron chi connectivity index (χ3n) is 2.87. The van der Waals surface area contributed by atoms with Gasteiger partial charge < -0.3 is 14.3 Å². The van der Waals surface area contributed by atoms with Gasteiger partial charge in [-0.15, -0.1) is 0 Å². The largest absolute Gasteiger partial charge is 0.465 e. The summed E-state index contributed by atoms with van der Waals surface area (Å²) in [6.07, 6.45) is 1.46. The standard InChI is InChI=1S/C12H17N3O4S/c1-8-11(7-13-3)12(9(2)18-8)20(16,17)15-6-10-4-5-14-19-10/h4-5,13,15H,6-7H2,1-3H3. The number of sulfonamides is 1. The number of hydrogen-bond acceptors (Lipinski definition) is 6. The van der Waals surface area contributed by atoms with E-state index in [1.54, 1.807) is 27.0 Å². The van der Waals surface area contributed by atoms with Crippen molar-refractivity contribution in [2.24, 2.45) is 0 Å². The summed E-state index contributed by atoms with van der Waals surface area (Å²) in [5.74, 6) is 1.41. The van der Waals surface area contributed by atoms with E-state index in [4.69, 9.17) is 8.94 Å². The van der Waals surface area contributed by atoms with Crippen LogP contribution in [0, 0.1) is 13.8 Å². The Morgan fingerprint density at radius 1 is 1.25 bits per heavy atom. The average Bonchev–Trinajstić information content (AvgIpc) is 2.97. The summed E-state index contributed by atoms with van der Waals surface area (Å²) in [7, 11) is -1.92. The topological polar surface area (TPSA) is 97.4 Å². The third kappa shape index (κ3) is 2.92. The SMILES string of the molecule is CNCc1c(C)oc(C)c1S(=O)(=O)NCc1ccno1. The molecule has 7 nitrogen and oxygen atoms in total. The molecule has 2 aromatic heterocycles.